The van der Waals surface area contributed by atoms with Gasteiger partial charge in [0.2, 0.25) is 5.91 Å². The normalized spacial score (nSPS) is 15.5. The molecule has 1 aliphatic rings. The van der Waals surface area contributed by atoms with E-state index in [0.717, 1.165) is 25.7 Å². The predicted octanol–water partition coefficient (Wildman–Crippen LogP) is 5.33. The highest BCUT2D eigenvalue weighted by molar-refractivity contribution is 6.00. The number of nitrogens with one attached hydrogen (secondary N) is 1. The van der Waals surface area contributed by atoms with Crippen LogP contribution in [0.4, 0.5) is 10.1 Å². The number of benzene rings is 2. The van der Waals surface area contributed by atoms with Gasteiger partial charge in [-0.25, -0.2) is 4.39 Å². The van der Waals surface area contributed by atoms with Gasteiger partial charge in [-0.1, -0.05) is 44.4 Å². The summed E-state index contributed by atoms with van der Waals surface area (Å²) >= 11 is 0. The van der Waals surface area contributed by atoms with Crippen LogP contribution in [-0.2, 0) is 10.2 Å². The van der Waals surface area contributed by atoms with E-state index in [4.69, 9.17) is 4.74 Å². The van der Waals surface area contributed by atoms with E-state index >= 15 is 0 Å². The zero-order chi connectivity index (χ0) is 20.0. The number of amides is 1. The molecule has 3 rings (SSSR count). The Morgan fingerprint density at radius 3 is 2.64 bits per heavy atom. The van der Waals surface area contributed by atoms with Crippen molar-refractivity contribution in [2.24, 2.45) is 0 Å². The number of hydrogen-bond donors (Lipinski definition) is 1. The first kappa shape index (κ1) is 19.9. The van der Waals surface area contributed by atoms with Gasteiger partial charge in [-0.05, 0) is 43.5 Å². The molecular weight excluding hydrogens is 355 g/mol. The Morgan fingerprint density at radius 2 is 1.96 bits per heavy atom. The third-order valence-electron chi connectivity index (χ3n) is 5.36. The number of halogens is 1. The maximum Gasteiger partial charge on any atom is 0.235 e. The Morgan fingerprint density at radius 1 is 1.21 bits per heavy atom. The Kier molecular flexibility index (Phi) is 6.30. The van der Waals surface area contributed by atoms with E-state index in [1.54, 1.807) is 36.4 Å². The Labute approximate surface area is 165 Å². The number of ether oxygens (including phenoxy) is 1. The summed E-state index contributed by atoms with van der Waals surface area (Å²) in [6, 6.07) is 13.7. The van der Waals surface area contributed by atoms with Crippen molar-refractivity contribution in [3.63, 3.8) is 0 Å². The molecule has 0 saturated heterocycles. The van der Waals surface area contributed by atoms with Crippen LogP contribution < -0.4 is 10.1 Å². The van der Waals surface area contributed by atoms with E-state index in [-0.39, 0.29) is 11.7 Å². The maximum absolute atomic E-state index is 14.6. The van der Waals surface area contributed by atoms with Crippen LogP contribution in [-0.4, -0.2) is 12.5 Å². The van der Waals surface area contributed by atoms with Gasteiger partial charge in [-0.2, -0.15) is 5.26 Å². The highest BCUT2D eigenvalue weighted by Crippen LogP contribution is 2.41. The van der Waals surface area contributed by atoms with E-state index < -0.39 is 5.41 Å². The number of carbonyl (C=O) groups excluding carboxylic acids is 1. The van der Waals surface area contributed by atoms with Crippen LogP contribution in [0.1, 0.15) is 56.6 Å². The average Bonchev–Trinajstić information content (AvgIpc) is 2.73. The predicted molar refractivity (Wildman–Crippen MR) is 107 cm³/mol. The molecule has 0 heterocycles. The fraction of sp³-hybridized carbons (Fsp3) is 0.391. The molecule has 4 nitrogen and oxygen atoms in total. The molecule has 1 amide bonds. The minimum absolute atomic E-state index is 0.254. The Balaban J connectivity index is 1.91. The monoisotopic (exact) mass is 380 g/mol. The summed E-state index contributed by atoms with van der Waals surface area (Å²) in [7, 11) is 0. The first-order valence-corrected chi connectivity index (χ1v) is 9.84. The lowest BCUT2D eigenvalue weighted by Crippen LogP contribution is -2.42. The molecule has 5 heteroatoms. The van der Waals surface area contributed by atoms with Gasteiger partial charge in [-0.15, -0.1) is 0 Å². The SMILES string of the molecule is CCCOc1ccc(NC(=O)C2(c3ccccc3F)CCCCC2)c(C#N)c1. The third-order valence-corrected chi connectivity index (χ3v) is 5.36. The molecule has 28 heavy (non-hydrogen) atoms. The van der Waals surface area contributed by atoms with Crippen LogP contribution in [0.3, 0.4) is 0 Å². The summed E-state index contributed by atoms with van der Waals surface area (Å²) < 4.78 is 20.2. The van der Waals surface area contributed by atoms with Crippen LogP contribution in [0.5, 0.6) is 5.75 Å². The lowest BCUT2D eigenvalue weighted by Gasteiger charge is -2.36. The van der Waals surface area contributed by atoms with Gasteiger partial charge in [0.05, 0.1) is 23.3 Å². The molecule has 0 aromatic heterocycles. The summed E-state index contributed by atoms with van der Waals surface area (Å²) in [4.78, 5) is 13.3. The Hall–Kier alpha value is -2.87. The molecule has 1 aliphatic carbocycles. The number of hydrogen-bond acceptors (Lipinski definition) is 3. The third kappa shape index (κ3) is 4.01. The molecule has 0 radical (unpaired) electrons. The van der Waals surface area contributed by atoms with Gasteiger partial charge in [0, 0.05) is 5.56 Å². The van der Waals surface area contributed by atoms with E-state index in [9.17, 15) is 14.4 Å². The average molecular weight is 380 g/mol. The topological polar surface area (TPSA) is 62.1 Å². The highest BCUT2D eigenvalue weighted by Gasteiger charge is 2.43. The van der Waals surface area contributed by atoms with E-state index in [1.165, 1.54) is 6.07 Å². The zero-order valence-corrected chi connectivity index (χ0v) is 16.1. The molecule has 0 bridgehead atoms. The highest BCUT2D eigenvalue weighted by atomic mass is 19.1. The van der Waals surface area contributed by atoms with E-state index in [2.05, 4.69) is 11.4 Å². The van der Waals surface area contributed by atoms with Gasteiger partial charge in [-0.3, -0.25) is 4.79 Å². The number of rotatable bonds is 6. The fourth-order valence-electron chi connectivity index (χ4n) is 3.90. The van der Waals surface area contributed by atoms with Gasteiger partial charge < -0.3 is 10.1 Å². The minimum atomic E-state index is -0.909. The van der Waals surface area contributed by atoms with Crippen molar-refractivity contribution in [3.05, 3.63) is 59.4 Å². The molecule has 2 aromatic carbocycles. The molecule has 2 aromatic rings. The fourth-order valence-corrected chi connectivity index (χ4v) is 3.90. The van der Waals surface area contributed by atoms with Gasteiger partial charge >= 0.3 is 0 Å². The Bertz CT molecular complexity index is 882. The van der Waals surface area contributed by atoms with E-state index in [0.29, 0.717) is 42.0 Å². The minimum Gasteiger partial charge on any atom is -0.494 e. The van der Waals surface area contributed by atoms with E-state index in [1.807, 2.05) is 6.92 Å². The summed E-state index contributed by atoms with van der Waals surface area (Å²) in [6.07, 6.45) is 4.84. The maximum atomic E-state index is 14.6. The van der Waals surface area contributed by atoms with Crippen molar-refractivity contribution in [2.45, 2.75) is 50.9 Å². The number of anilines is 1. The van der Waals surface area contributed by atoms with Crippen LogP contribution in [0.2, 0.25) is 0 Å². The van der Waals surface area contributed by atoms with Gasteiger partial charge in [0.1, 0.15) is 17.6 Å². The summed E-state index contributed by atoms with van der Waals surface area (Å²) in [5, 5.41) is 12.4. The lowest BCUT2D eigenvalue weighted by molar-refractivity contribution is -0.122. The van der Waals surface area contributed by atoms with Crippen LogP contribution in [0, 0.1) is 17.1 Å². The summed E-state index contributed by atoms with van der Waals surface area (Å²) in [5.41, 5.74) is 0.293. The second-order valence-electron chi connectivity index (χ2n) is 7.24. The first-order valence-electron chi connectivity index (χ1n) is 9.84. The van der Waals surface area contributed by atoms with Crippen molar-refractivity contribution < 1.29 is 13.9 Å². The second kappa shape index (κ2) is 8.88. The molecule has 146 valence electrons. The lowest BCUT2D eigenvalue weighted by atomic mass is 9.68. The number of carbonyl (C=O) groups is 1. The van der Waals surface area contributed by atoms with Gasteiger partial charge in [0.15, 0.2) is 0 Å². The second-order valence-corrected chi connectivity index (χ2v) is 7.24. The van der Waals surface area contributed by atoms with Crippen molar-refractivity contribution in [1.82, 2.24) is 0 Å². The molecule has 0 spiro atoms. The zero-order valence-electron chi connectivity index (χ0n) is 16.1. The van der Waals surface area contributed by atoms with Crippen molar-refractivity contribution in [2.75, 3.05) is 11.9 Å². The number of nitrogens with zero attached hydrogens (tertiary/aromatic N) is 1. The molecule has 0 aliphatic heterocycles. The largest absolute Gasteiger partial charge is 0.494 e. The van der Waals surface area contributed by atoms with Crippen molar-refractivity contribution in [1.29, 1.82) is 5.26 Å². The molecule has 1 fully saturated rings. The smallest absolute Gasteiger partial charge is 0.235 e. The molecular formula is C23H25FN2O2. The summed E-state index contributed by atoms with van der Waals surface area (Å²) in [6.45, 7) is 2.57. The standard InChI is InChI=1S/C23H25FN2O2/c1-2-14-28-18-10-11-21(17(15-18)16-25)26-22(27)23(12-6-3-7-13-23)19-8-4-5-9-20(19)24/h4-5,8-11,15H,2-3,6-7,12-14H2,1H3,(H,26,27). The van der Waals surface area contributed by atoms with Crippen molar-refractivity contribution in [3.8, 4) is 11.8 Å². The van der Waals surface area contributed by atoms with Gasteiger partial charge in [0.25, 0.3) is 0 Å². The molecule has 0 unspecified atom stereocenters. The first-order chi connectivity index (χ1) is 13.6. The number of nitriles is 1. The molecule has 1 saturated carbocycles. The van der Waals surface area contributed by atoms with Crippen LogP contribution >= 0.6 is 0 Å². The summed E-state index contributed by atoms with van der Waals surface area (Å²) in [5.74, 6) is -0.0164. The van der Waals surface area contributed by atoms with Crippen molar-refractivity contribution >= 4 is 11.6 Å². The van der Waals surface area contributed by atoms with Crippen LogP contribution in [0.15, 0.2) is 42.5 Å². The molecule has 1 N–H and O–H groups in total. The van der Waals surface area contributed by atoms with Crippen LogP contribution in [0.25, 0.3) is 0 Å². The quantitative estimate of drug-likeness (QED) is 0.737. The molecule has 0 atom stereocenters.